The molecular formula is C22H30N4O4. The molecule has 4 atom stereocenters. The number of hydrogen-bond donors (Lipinski definition) is 4. The van der Waals surface area contributed by atoms with Gasteiger partial charge in [0.15, 0.2) is 11.4 Å². The lowest BCUT2D eigenvalue weighted by molar-refractivity contribution is -0.188. The quantitative estimate of drug-likeness (QED) is 0.285. The Morgan fingerprint density at radius 1 is 0.733 bits per heavy atom. The fourth-order valence-electron chi connectivity index (χ4n) is 3.25. The molecule has 0 fully saturated rings. The van der Waals surface area contributed by atoms with Gasteiger partial charge in [-0.2, -0.15) is 0 Å². The van der Waals surface area contributed by atoms with E-state index in [4.69, 9.17) is 32.4 Å². The van der Waals surface area contributed by atoms with Gasteiger partial charge in [0.05, 0.1) is 0 Å². The largest absolute Gasteiger partial charge is 0.431 e. The highest BCUT2D eigenvalue weighted by atomic mass is 16.6. The normalized spacial score (nSPS) is 17.1. The smallest absolute Gasteiger partial charge is 0.419 e. The van der Waals surface area contributed by atoms with Crippen LogP contribution >= 0.6 is 0 Å². The summed E-state index contributed by atoms with van der Waals surface area (Å²) in [7, 11) is 0. The summed E-state index contributed by atoms with van der Waals surface area (Å²) >= 11 is 0. The number of esters is 2. The van der Waals surface area contributed by atoms with Crippen LogP contribution in [0.2, 0.25) is 0 Å². The first-order valence-corrected chi connectivity index (χ1v) is 9.72. The van der Waals surface area contributed by atoms with Crippen LogP contribution in [0.4, 0.5) is 0 Å². The van der Waals surface area contributed by atoms with Crippen LogP contribution in [0.3, 0.4) is 0 Å². The first kappa shape index (κ1) is 23.5. The van der Waals surface area contributed by atoms with E-state index in [0.717, 1.165) is 0 Å². The molecule has 2 aromatic rings. The number of carbonyl (C=O) groups excluding carboxylic acids is 2. The topological polar surface area (TPSA) is 157 Å². The zero-order valence-corrected chi connectivity index (χ0v) is 17.3. The Hall–Kier alpha value is -2.78. The van der Waals surface area contributed by atoms with Crippen LogP contribution in [0.5, 0.6) is 0 Å². The molecule has 0 bridgehead atoms. The molecule has 8 heteroatoms. The first-order chi connectivity index (χ1) is 14.1. The average Bonchev–Trinajstić information content (AvgIpc) is 2.68. The lowest BCUT2D eigenvalue weighted by atomic mass is 9.96. The molecule has 2 rings (SSSR count). The Labute approximate surface area is 176 Å². The number of ether oxygens (including phenoxy) is 2. The van der Waals surface area contributed by atoms with Crippen molar-refractivity contribution in [1.29, 1.82) is 0 Å². The maximum atomic E-state index is 12.6. The molecule has 0 radical (unpaired) electrons. The summed E-state index contributed by atoms with van der Waals surface area (Å²) in [4.78, 5) is 25.2. The van der Waals surface area contributed by atoms with Crippen LogP contribution in [-0.4, -0.2) is 24.0 Å². The molecule has 0 aromatic heterocycles. The van der Waals surface area contributed by atoms with Crippen LogP contribution < -0.4 is 22.9 Å². The third-order valence-electron chi connectivity index (χ3n) is 4.49. The van der Waals surface area contributed by atoms with Gasteiger partial charge in [0.2, 0.25) is 0 Å². The van der Waals surface area contributed by atoms with Crippen LogP contribution in [0.25, 0.3) is 0 Å². The fourth-order valence-corrected chi connectivity index (χ4v) is 3.25. The number of rotatable bonds is 8. The second-order valence-corrected chi connectivity index (χ2v) is 7.65. The summed E-state index contributed by atoms with van der Waals surface area (Å²) in [5.74, 6) is -2.53. The maximum Gasteiger partial charge on any atom is 0.419 e. The second kappa shape index (κ2) is 9.82. The van der Waals surface area contributed by atoms with E-state index in [1.54, 1.807) is 74.5 Å². The van der Waals surface area contributed by atoms with E-state index in [-0.39, 0.29) is 12.8 Å². The van der Waals surface area contributed by atoms with Crippen molar-refractivity contribution in [2.75, 3.05) is 0 Å². The molecule has 162 valence electrons. The Morgan fingerprint density at radius 3 is 1.30 bits per heavy atom. The highest BCUT2D eigenvalue weighted by Crippen LogP contribution is 2.28. The van der Waals surface area contributed by atoms with E-state index in [0.29, 0.717) is 11.1 Å². The second-order valence-electron chi connectivity index (χ2n) is 7.65. The predicted octanol–water partition coefficient (Wildman–Crippen LogP) is 1.17. The molecule has 0 spiro atoms. The summed E-state index contributed by atoms with van der Waals surface area (Å²) in [5, 5.41) is 0. The fraction of sp³-hybridized carbons (Fsp3) is 0.364. The summed E-state index contributed by atoms with van der Waals surface area (Å²) in [6.45, 7) is 3.44. The molecule has 30 heavy (non-hydrogen) atoms. The summed E-state index contributed by atoms with van der Waals surface area (Å²) in [5.41, 5.74) is 22.2. The van der Waals surface area contributed by atoms with Crippen LogP contribution in [0.15, 0.2) is 60.7 Å². The molecule has 0 saturated heterocycles. The van der Waals surface area contributed by atoms with Crippen molar-refractivity contribution < 1.29 is 19.1 Å². The van der Waals surface area contributed by atoms with Crippen molar-refractivity contribution >= 4 is 11.9 Å². The van der Waals surface area contributed by atoms with Crippen molar-refractivity contribution in [1.82, 2.24) is 0 Å². The van der Waals surface area contributed by atoms with Gasteiger partial charge in [-0.3, -0.25) is 11.5 Å². The highest BCUT2D eigenvalue weighted by Gasteiger charge is 2.40. The minimum Gasteiger partial charge on any atom is -0.431 e. The lowest BCUT2D eigenvalue weighted by Crippen LogP contribution is -2.50. The molecule has 8 N–H and O–H groups in total. The predicted molar refractivity (Wildman–Crippen MR) is 113 cm³/mol. The van der Waals surface area contributed by atoms with Gasteiger partial charge in [-0.05, 0) is 13.8 Å². The first-order valence-electron chi connectivity index (χ1n) is 9.72. The van der Waals surface area contributed by atoms with Gasteiger partial charge in [-0.15, -0.1) is 0 Å². The van der Waals surface area contributed by atoms with E-state index >= 15 is 0 Å². The highest BCUT2D eigenvalue weighted by molar-refractivity contribution is 6.29. The molecule has 0 heterocycles. The Balaban J connectivity index is 2.24. The van der Waals surface area contributed by atoms with Gasteiger partial charge >= 0.3 is 11.9 Å². The minimum absolute atomic E-state index is 0.0995. The monoisotopic (exact) mass is 414 g/mol. The van der Waals surface area contributed by atoms with Crippen LogP contribution in [0, 0.1) is 0 Å². The molecule has 0 saturated carbocycles. The van der Waals surface area contributed by atoms with Gasteiger partial charge in [-0.1, -0.05) is 60.7 Å². The summed E-state index contributed by atoms with van der Waals surface area (Å²) in [6.07, 6.45) is 0.199. The minimum atomic E-state index is -1.60. The van der Waals surface area contributed by atoms with Gasteiger partial charge in [0.1, 0.15) is 0 Å². The summed E-state index contributed by atoms with van der Waals surface area (Å²) < 4.78 is 10.8. The van der Waals surface area contributed by atoms with Gasteiger partial charge in [0.25, 0.3) is 0 Å². The Bertz CT molecular complexity index is 773. The van der Waals surface area contributed by atoms with Gasteiger partial charge in [0, 0.05) is 36.1 Å². The van der Waals surface area contributed by atoms with Crippen molar-refractivity contribution in [3.05, 3.63) is 71.8 Å². The average molecular weight is 415 g/mol. The Morgan fingerprint density at radius 2 is 1.03 bits per heavy atom. The molecule has 2 aromatic carbocycles. The van der Waals surface area contributed by atoms with E-state index in [9.17, 15) is 9.59 Å². The Kier molecular flexibility index (Phi) is 7.69. The number of carbonyl (C=O) groups is 2. The van der Waals surface area contributed by atoms with Gasteiger partial charge < -0.3 is 20.9 Å². The van der Waals surface area contributed by atoms with E-state index < -0.39 is 35.5 Å². The summed E-state index contributed by atoms with van der Waals surface area (Å²) in [6, 6.07) is 16.5. The zero-order chi connectivity index (χ0) is 22.4. The van der Waals surface area contributed by atoms with E-state index in [1.807, 2.05) is 0 Å². The van der Waals surface area contributed by atoms with Crippen LogP contribution in [0.1, 0.15) is 37.8 Å². The van der Waals surface area contributed by atoms with E-state index in [1.165, 1.54) is 0 Å². The number of nitrogens with two attached hydrogens (primary N) is 4. The molecule has 4 unspecified atom stereocenters. The van der Waals surface area contributed by atoms with Crippen molar-refractivity contribution in [3.63, 3.8) is 0 Å². The van der Waals surface area contributed by atoms with Crippen molar-refractivity contribution in [2.45, 2.75) is 50.2 Å². The standard InChI is InChI=1S/C22H30N4O4/c1-15(23)13-21(25,17-9-5-3-6-10-17)29-19(27)20(28)30-22(26,14-16(2)24)18-11-7-4-8-12-18/h3-12,15-16H,13-14,23-26H2,1-2H3. The molecule has 8 nitrogen and oxygen atoms in total. The van der Waals surface area contributed by atoms with Crippen LogP contribution in [-0.2, 0) is 30.5 Å². The molecule has 0 amide bonds. The van der Waals surface area contributed by atoms with Crippen molar-refractivity contribution in [2.24, 2.45) is 22.9 Å². The molecular weight excluding hydrogens is 384 g/mol. The third-order valence-corrected chi connectivity index (χ3v) is 4.49. The van der Waals surface area contributed by atoms with Gasteiger partial charge in [-0.25, -0.2) is 9.59 Å². The maximum absolute atomic E-state index is 12.6. The lowest BCUT2D eigenvalue weighted by Gasteiger charge is -2.33. The van der Waals surface area contributed by atoms with E-state index in [2.05, 4.69) is 0 Å². The zero-order valence-electron chi connectivity index (χ0n) is 17.3. The SMILES string of the molecule is CC(N)CC(N)(OC(=O)C(=O)OC(N)(CC(C)N)c1ccccc1)c1ccccc1. The molecule has 0 aliphatic heterocycles. The number of hydrogen-bond acceptors (Lipinski definition) is 8. The number of benzene rings is 2. The molecule has 0 aliphatic carbocycles. The van der Waals surface area contributed by atoms with Crippen molar-refractivity contribution in [3.8, 4) is 0 Å². The molecule has 0 aliphatic rings. The third kappa shape index (κ3) is 6.11.